The van der Waals surface area contributed by atoms with E-state index in [2.05, 4.69) is 20.4 Å². The first-order valence-corrected chi connectivity index (χ1v) is 5.93. The van der Waals surface area contributed by atoms with E-state index in [1.165, 1.54) is 0 Å². The van der Waals surface area contributed by atoms with Gasteiger partial charge in [-0.05, 0) is 41.7 Å². The number of hydrogen-bond acceptors (Lipinski definition) is 2. The highest BCUT2D eigenvalue weighted by Gasteiger charge is 2.18. The zero-order valence-electron chi connectivity index (χ0n) is 10.9. The van der Waals surface area contributed by atoms with Gasteiger partial charge >= 0.3 is 0 Å². The van der Waals surface area contributed by atoms with Crippen molar-refractivity contribution >= 4 is 0 Å². The van der Waals surface area contributed by atoms with Crippen LogP contribution in [0, 0.1) is 0 Å². The van der Waals surface area contributed by atoms with Crippen molar-refractivity contribution < 1.29 is 10.2 Å². The Bertz CT molecular complexity index is 450. The molecule has 0 aliphatic rings. The Kier molecular flexibility index (Phi) is 4.78. The molecule has 2 heteroatoms. The minimum Gasteiger partial charge on any atom is -0.508 e. The van der Waals surface area contributed by atoms with E-state index >= 15 is 0 Å². The molecule has 0 aromatic heterocycles. The highest BCUT2D eigenvalue weighted by Crippen LogP contribution is 2.28. The number of phenols is 1. The van der Waals surface area contributed by atoms with Gasteiger partial charge in [0.25, 0.3) is 0 Å². The number of aromatic hydroxyl groups is 1. The van der Waals surface area contributed by atoms with Gasteiger partial charge in [-0.25, -0.2) is 0 Å². The molecule has 0 aliphatic heterocycles. The molecule has 1 aromatic carbocycles. The van der Waals surface area contributed by atoms with Crippen LogP contribution in [0.4, 0.5) is 0 Å². The van der Waals surface area contributed by atoms with Gasteiger partial charge in [0, 0.05) is 0 Å². The van der Waals surface area contributed by atoms with Crippen molar-refractivity contribution in [1.29, 1.82) is 0 Å². The van der Waals surface area contributed by atoms with E-state index in [4.69, 9.17) is 0 Å². The summed E-state index contributed by atoms with van der Waals surface area (Å²) in [5.74, 6) is 0.475. The molecule has 96 valence electrons. The largest absolute Gasteiger partial charge is 0.508 e. The molecule has 0 radical (unpaired) electrons. The minimum atomic E-state index is -0.0430. The lowest BCUT2D eigenvalue weighted by atomic mass is 9.81. The van der Waals surface area contributed by atoms with Crippen LogP contribution in [-0.4, -0.2) is 10.2 Å². The van der Waals surface area contributed by atoms with Crippen LogP contribution in [0.3, 0.4) is 0 Å². The van der Waals surface area contributed by atoms with Gasteiger partial charge in [0.1, 0.15) is 11.5 Å². The molecule has 0 aliphatic carbocycles. The normalized spacial score (nSPS) is 12.9. The minimum absolute atomic E-state index is 0.0430. The van der Waals surface area contributed by atoms with Crippen molar-refractivity contribution in [1.82, 2.24) is 0 Å². The summed E-state index contributed by atoms with van der Waals surface area (Å²) in [4.78, 5) is 0. The maximum Gasteiger partial charge on any atom is 0.115 e. The van der Waals surface area contributed by atoms with Crippen LogP contribution in [-0.2, 0) is 5.41 Å². The summed E-state index contributed by atoms with van der Waals surface area (Å²) in [6.07, 6.45) is 7.49. The fraction of sp³-hybridized carbons (Fsp3) is 0.250. The molecule has 0 atom stereocenters. The monoisotopic (exact) mass is 244 g/mol. The third kappa shape index (κ3) is 4.13. The lowest BCUT2D eigenvalue weighted by Crippen LogP contribution is -2.15. The topological polar surface area (TPSA) is 40.5 Å². The summed E-state index contributed by atoms with van der Waals surface area (Å²) in [7, 11) is 0. The lowest BCUT2D eigenvalue weighted by molar-refractivity contribution is 0.431. The van der Waals surface area contributed by atoms with Gasteiger partial charge in [-0.2, -0.15) is 0 Å². The highest BCUT2D eigenvalue weighted by atomic mass is 16.3. The van der Waals surface area contributed by atoms with Crippen molar-refractivity contribution in [3.8, 4) is 5.75 Å². The van der Waals surface area contributed by atoms with Crippen molar-refractivity contribution in [2.24, 2.45) is 0 Å². The smallest absolute Gasteiger partial charge is 0.115 e. The SMILES string of the molecule is C=C/C=C(O)\C=C/CC(C)(C)c1ccc(O)cc1. The first kappa shape index (κ1) is 14.1. The zero-order chi connectivity index (χ0) is 13.6. The van der Waals surface area contributed by atoms with Gasteiger partial charge in [0.2, 0.25) is 0 Å². The predicted molar refractivity (Wildman–Crippen MR) is 75.8 cm³/mol. The molecular weight excluding hydrogens is 224 g/mol. The molecule has 0 saturated heterocycles. The molecular formula is C16H20O2. The third-order valence-electron chi connectivity index (χ3n) is 2.85. The quantitative estimate of drug-likeness (QED) is 0.600. The maximum atomic E-state index is 9.42. The van der Waals surface area contributed by atoms with E-state index in [-0.39, 0.29) is 16.9 Å². The molecule has 1 aromatic rings. The Balaban J connectivity index is 2.73. The molecule has 0 bridgehead atoms. The van der Waals surface area contributed by atoms with Crippen LogP contribution in [0.5, 0.6) is 5.75 Å². The molecule has 0 unspecified atom stereocenters. The molecule has 0 heterocycles. The second-order valence-electron chi connectivity index (χ2n) is 4.86. The van der Waals surface area contributed by atoms with Crippen LogP contribution in [0.1, 0.15) is 25.8 Å². The average Bonchev–Trinajstić information content (AvgIpc) is 2.29. The molecule has 2 N–H and O–H groups in total. The van der Waals surface area contributed by atoms with Crippen LogP contribution in [0.25, 0.3) is 0 Å². The van der Waals surface area contributed by atoms with Gasteiger partial charge in [-0.15, -0.1) is 0 Å². The zero-order valence-corrected chi connectivity index (χ0v) is 10.9. The van der Waals surface area contributed by atoms with E-state index in [1.807, 2.05) is 18.2 Å². The summed E-state index contributed by atoms with van der Waals surface area (Å²) in [5, 5.41) is 18.7. The highest BCUT2D eigenvalue weighted by molar-refractivity contribution is 5.31. The van der Waals surface area contributed by atoms with Crippen LogP contribution in [0.15, 0.2) is 60.9 Å². The number of phenolic OH excluding ortho intramolecular Hbond substituents is 1. The van der Waals surface area contributed by atoms with Crippen LogP contribution < -0.4 is 0 Å². The molecule has 0 saturated carbocycles. The second-order valence-corrected chi connectivity index (χ2v) is 4.86. The van der Waals surface area contributed by atoms with Gasteiger partial charge < -0.3 is 10.2 Å². The summed E-state index contributed by atoms with van der Waals surface area (Å²) in [6.45, 7) is 7.77. The van der Waals surface area contributed by atoms with E-state index in [9.17, 15) is 10.2 Å². The molecule has 2 nitrogen and oxygen atoms in total. The summed E-state index contributed by atoms with van der Waals surface area (Å²) < 4.78 is 0. The van der Waals surface area contributed by atoms with Crippen molar-refractivity contribution in [2.45, 2.75) is 25.7 Å². The Labute approximate surface area is 109 Å². The second kappa shape index (κ2) is 6.10. The van der Waals surface area contributed by atoms with E-state index < -0.39 is 0 Å². The third-order valence-corrected chi connectivity index (χ3v) is 2.85. The first-order chi connectivity index (χ1) is 8.45. The Morgan fingerprint density at radius 1 is 1.28 bits per heavy atom. The fourth-order valence-electron chi connectivity index (χ4n) is 1.68. The summed E-state index contributed by atoms with van der Waals surface area (Å²) in [5.41, 5.74) is 1.11. The summed E-state index contributed by atoms with van der Waals surface area (Å²) in [6, 6.07) is 7.22. The standard InChI is InChI=1S/C16H20O2/c1-4-6-14(17)7-5-12-16(2,3)13-8-10-15(18)11-9-13/h4-11,17-18H,1,12H2,2-3H3/b7-5-,14-6+. The molecule has 0 fully saturated rings. The predicted octanol–water partition coefficient (Wildman–Crippen LogP) is 4.24. The maximum absolute atomic E-state index is 9.42. The van der Waals surface area contributed by atoms with Crippen molar-refractivity contribution in [3.63, 3.8) is 0 Å². The Morgan fingerprint density at radius 2 is 1.89 bits per heavy atom. The number of allylic oxidation sites excluding steroid dienone is 4. The molecule has 1 rings (SSSR count). The van der Waals surface area contributed by atoms with E-state index in [1.54, 1.807) is 30.4 Å². The number of rotatable bonds is 5. The van der Waals surface area contributed by atoms with Crippen LogP contribution in [0.2, 0.25) is 0 Å². The average molecular weight is 244 g/mol. The lowest BCUT2D eigenvalue weighted by Gasteiger charge is -2.23. The summed E-state index contributed by atoms with van der Waals surface area (Å²) >= 11 is 0. The Hall–Kier alpha value is -1.96. The molecule has 18 heavy (non-hydrogen) atoms. The molecule has 0 spiro atoms. The van der Waals surface area contributed by atoms with Gasteiger partial charge in [-0.1, -0.05) is 44.7 Å². The van der Waals surface area contributed by atoms with E-state index in [0.29, 0.717) is 0 Å². The number of aliphatic hydroxyl groups excluding tert-OH is 1. The van der Waals surface area contributed by atoms with Crippen LogP contribution >= 0.6 is 0 Å². The fourth-order valence-corrected chi connectivity index (χ4v) is 1.68. The number of benzene rings is 1. The van der Waals surface area contributed by atoms with E-state index in [0.717, 1.165) is 12.0 Å². The van der Waals surface area contributed by atoms with Gasteiger partial charge in [0.15, 0.2) is 0 Å². The first-order valence-electron chi connectivity index (χ1n) is 5.93. The van der Waals surface area contributed by atoms with Gasteiger partial charge in [-0.3, -0.25) is 0 Å². The molecule has 0 amide bonds. The number of aliphatic hydroxyl groups is 1. The van der Waals surface area contributed by atoms with Gasteiger partial charge in [0.05, 0.1) is 0 Å². The van der Waals surface area contributed by atoms with Crippen molar-refractivity contribution in [2.75, 3.05) is 0 Å². The number of hydrogen-bond donors (Lipinski definition) is 2. The van der Waals surface area contributed by atoms with Crippen molar-refractivity contribution in [3.05, 3.63) is 66.5 Å². The Morgan fingerprint density at radius 3 is 2.44 bits per heavy atom.